The molecular weight excluding hydrogens is 361 g/mol. The lowest BCUT2D eigenvalue weighted by Gasteiger charge is -2.17. The Morgan fingerprint density at radius 2 is 2.04 bits per heavy atom. The molecule has 1 aromatic carbocycles. The maximum Gasteiger partial charge on any atom is 0.338 e. The summed E-state index contributed by atoms with van der Waals surface area (Å²) in [7, 11) is 1.75. The molecule has 134 valence electrons. The van der Waals surface area contributed by atoms with Gasteiger partial charge in [-0.1, -0.05) is 11.6 Å². The number of aromatic nitrogens is 1. The average molecular weight is 376 g/mol. The molecule has 2 heterocycles. The fraction of sp³-hybridized carbons (Fsp3) is 0.167. The Kier molecular flexibility index (Phi) is 4.90. The number of primary amides is 1. The number of nitrogens with two attached hydrogens (primary N) is 1. The van der Waals surface area contributed by atoms with E-state index in [1.807, 2.05) is 0 Å². The standard InChI is InChI=1S/C18H15ClFN3O3/c1-23(7-6-15(21)24)16-5-4-12-13(9-17(25)26-18(12)22-16)11-3-2-10(20)8-14(11)19/h2-5,8-9H,6-7H2,1H3,(H2,21,24). The summed E-state index contributed by atoms with van der Waals surface area (Å²) < 4.78 is 18.5. The van der Waals surface area contributed by atoms with Gasteiger partial charge >= 0.3 is 5.63 Å². The molecular formula is C18H15ClFN3O3. The number of amides is 1. The number of rotatable bonds is 5. The first-order chi connectivity index (χ1) is 12.3. The van der Waals surface area contributed by atoms with Crippen molar-refractivity contribution in [2.24, 2.45) is 5.73 Å². The topological polar surface area (TPSA) is 89.4 Å². The maximum atomic E-state index is 13.3. The molecule has 6 nitrogen and oxygen atoms in total. The van der Waals surface area contributed by atoms with Gasteiger partial charge in [0.1, 0.15) is 11.6 Å². The van der Waals surface area contributed by atoms with Crippen molar-refractivity contribution in [1.29, 1.82) is 0 Å². The van der Waals surface area contributed by atoms with Gasteiger partial charge in [0.2, 0.25) is 11.6 Å². The van der Waals surface area contributed by atoms with Gasteiger partial charge in [-0.15, -0.1) is 0 Å². The van der Waals surface area contributed by atoms with Crippen molar-refractivity contribution >= 4 is 34.4 Å². The Balaban J connectivity index is 2.09. The maximum absolute atomic E-state index is 13.3. The normalized spacial score (nSPS) is 10.9. The second kappa shape index (κ2) is 7.13. The zero-order valence-electron chi connectivity index (χ0n) is 13.8. The van der Waals surface area contributed by atoms with Crippen molar-refractivity contribution in [3.8, 4) is 11.1 Å². The highest BCUT2D eigenvalue weighted by Crippen LogP contribution is 2.33. The van der Waals surface area contributed by atoms with Crippen LogP contribution in [0, 0.1) is 5.82 Å². The van der Waals surface area contributed by atoms with E-state index in [9.17, 15) is 14.0 Å². The number of halogens is 2. The third-order valence-electron chi connectivity index (χ3n) is 3.90. The number of hydrogen-bond donors (Lipinski definition) is 1. The molecule has 0 spiro atoms. The first-order valence-corrected chi connectivity index (χ1v) is 8.12. The van der Waals surface area contributed by atoms with Crippen LogP contribution >= 0.6 is 11.6 Å². The molecule has 26 heavy (non-hydrogen) atoms. The van der Waals surface area contributed by atoms with E-state index in [2.05, 4.69) is 4.98 Å². The lowest BCUT2D eigenvalue weighted by molar-refractivity contribution is -0.117. The second-order valence-corrected chi connectivity index (χ2v) is 6.17. The molecule has 0 saturated carbocycles. The van der Waals surface area contributed by atoms with E-state index in [0.717, 1.165) is 0 Å². The highest BCUT2D eigenvalue weighted by Gasteiger charge is 2.14. The number of pyridine rings is 1. The molecule has 0 saturated heterocycles. The highest BCUT2D eigenvalue weighted by atomic mass is 35.5. The van der Waals surface area contributed by atoms with Gasteiger partial charge in [-0.05, 0) is 30.3 Å². The third kappa shape index (κ3) is 3.67. The van der Waals surface area contributed by atoms with Crippen molar-refractivity contribution < 1.29 is 13.6 Å². The van der Waals surface area contributed by atoms with Crippen LogP contribution in [-0.4, -0.2) is 24.5 Å². The van der Waals surface area contributed by atoms with Crippen molar-refractivity contribution in [2.75, 3.05) is 18.5 Å². The van der Waals surface area contributed by atoms with Crippen LogP contribution in [0.1, 0.15) is 6.42 Å². The van der Waals surface area contributed by atoms with E-state index in [0.29, 0.717) is 28.9 Å². The van der Waals surface area contributed by atoms with Gasteiger partial charge in [-0.2, -0.15) is 4.98 Å². The average Bonchev–Trinajstić information content (AvgIpc) is 2.58. The van der Waals surface area contributed by atoms with E-state index in [-0.39, 0.29) is 17.2 Å². The van der Waals surface area contributed by atoms with Crippen LogP contribution in [0.25, 0.3) is 22.2 Å². The number of benzene rings is 1. The summed E-state index contributed by atoms with van der Waals surface area (Å²) in [4.78, 5) is 28.9. The highest BCUT2D eigenvalue weighted by molar-refractivity contribution is 6.33. The van der Waals surface area contributed by atoms with Gasteiger partial charge in [0.25, 0.3) is 0 Å². The number of carbonyl (C=O) groups excluding carboxylic acids is 1. The molecule has 0 atom stereocenters. The van der Waals surface area contributed by atoms with Crippen LogP contribution < -0.4 is 16.3 Å². The van der Waals surface area contributed by atoms with Gasteiger partial charge < -0.3 is 15.1 Å². The predicted octanol–water partition coefficient (Wildman–Crippen LogP) is 2.96. The molecule has 8 heteroatoms. The van der Waals surface area contributed by atoms with Crippen molar-refractivity contribution in [1.82, 2.24) is 4.98 Å². The van der Waals surface area contributed by atoms with Crippen LogP contribution in [0.5, 0.6) is 0 Å². The molecule has 0 fully saturated rings. The Hall–Kier alpha value is -2.93. The van der Waals surface area contributed by atoms with Gasteiger partial charge in [0.15, 0.2) is 0 Å². The van der Waals surface area contributed by atoms with E-state index >= 15 is 0 Å². The number of carbonyl (C=O) groups is 1. The molecule has 0 aliphatic rings. The minimum absolute atomic E-state index is 0.122. The molecule has 3 rings (SSSR count). The summed E-state index contributed by atoms with van der Waals surface area (Å²) in [5, 5.41) is 0.740. The molecule has 2 N–H and O–H groups in total. The fourth-order valence-electron chi connectivity index (χ4n) is 2.57. The molecule has 0 radical (unpaired) electrons. The minimum Gasteiger partial charge on any atom is -0.404 e. The Labute approximate surface area is 153 Å². The van der Waals surface area contributed by atoms with Crippen LogP contribution in [0.15, 0.2) is 45.6 Å². The zero-order chi connectivity index (χ0) is 18.8. The first kappa shape index (κ1) is 17.9. The van der Waals surface area contributed by atoms with Gasteiger partial charge in [-0.3, -0.25) is 4.79 Å². The molecule has 1 amide bonds. The van der Waals surface area contributed by atoms with Crippen molar-refractivity contribution in [3.05, 3.63) is 57.7 Å². The molecule has 0 bridgehead atoms. The van der Waals surface area contributed by atoms with Crippen LogP contribution in [0.3, 0.4) is 0 Å². The molecule has 2 aromatic heterocycles. The molecule has 3 aromatic rings. The Morgan fingerprint density at radius 3 is 2.73 bits per heavy atom. The number of fused-ring (bicyclic) bond motifs is 1. The number of anilines is 1. The van der Waals surface area contributed by atoms with Crippen LogP contribution in [-0.2, 0) is 4.79 Å². The zero-order valence-corrected chi connectivity index (χ0v) is 14.6. The number of hydrogen-bond acceptors (Lipinski definition) is 5. The smallest absolute Gasteiger partial charge is 0.338 e. The lowest BCUT2D eigenvalue weighted by atomic mass is 10.0. The predicted molar refractivity (Wildman–Crippen MR) is 97.8 cm³/mol. The summed E-state index contributed by atoms with van der Waals surface area (Å²) in [6, 6.07) is 8.69. The molecule has 0 aliphatic heterocycles. The van der Waals surface area contributed by atoms with Gasteiger partial charge in [0.05, 0.1) is 5.02 Å². The summed E-state index contributed by atoms with van der Waals surface area (Å²) in [5.41, 5.74) is 5.68. The third-order valence-corrected chi connectivity index (χ3v) is 4.21. The van der Waals surface area contributed by atoms with E-state index in [4.69, 9.17) is 21.8 Å². The van der Waals surface area contributed by atoms with E-state index < -0.39 is 17.3 Å². The summed E-state index contributed by atoms with van der Waals surface area (Å²) in [6.45, 7) is 0.377. The summed E-state index contributed by atoms with van der Waals surface area (Å²) in [5.74, 6) is -0.371. The summed E-state index contributed by atoms with van der Waals surface area (Å²) in [6.07, 6.45) is 0.172. The van der Waals surface area contributed by atoms with Crippen molar-refractivity contribution in [2.45, 2.75) is 6.42 Å². The number of nitrogens with zero attached hydrogens (tertiary/aromatic N) is 2. The van der Waals surface area contributed by atoms with E-state index in [1.165, 1.54) is 24.3 Å². The van der Waals surface area contributed by atoms with Crippen LogP contribution in [0.2, 0.25) is 5.02 Å². The first-order valence-electron chi connectivity index (χ1n) is 7.75. The fourth-order valence-corrected chi connectivity index (χ4v) is 2.84. The lowest BCUT2D eigenvalue weighted by Crippen LogP contribution is -2.24. The second-order valence-electron chi connectivity index (χ2n) is 5.76. The van der Waals surface area contributed by atoms with E-state index in [1.54, 1.807) is 24.1 Å². The van der Waals surface area contributed by atoms with Crippen molar-refractivity contribution in [3.63, 3.8) is 0 Å². The van der Waals surface area contributed by atoms with Gasteiger partial charge in [-0.25, -0.2) is 9.18 Å². The van der Waals surface area contributed by atoms with Crippen LogP contribution in [0.4, 0.5) is 10.2 Å². The molecule has 0 unspecified atom stereocenters. The monoisotopic (exact) mass is 375 g/mol. The largest absolute Gasteiger partial charge is 0.404 e. The quantitative estimate of drug-likeness (QED) is 0.740. The Bertz CT molecular complexity index is 1050. The molecule has 0 aliphatic carbocycles. The summed E-state index contributed by atoms with van der Waals surface area (Å²) >= 11 is 6.12. The van der Waals surface area contributed by atoms with Gasteiger partial charge in [0, 0.05) is 42.6 Å². The SMILES string of the molecule is CN(CCC(N)=O)c1ccc2c(-c3ccc(F)cc3Cl)cc(=O)oc2n1. The minimum atomic E-state index is -0.600. The Morgan fingerprint density at radius 1 is 1.27 bits per heavy atom.